The molecule has 0 aliphatic carbocycles. The highest BCUT2D eigenvalue weighted by Crippen LogP contribution is 2.15. The fourth-order valence-corrected chi connectivity index (χ4v) is 2.36. The van der Waals surface area contributed by atoms with E-state index in [1.54, 1.807) is 41.8 Å². The third-order valence-electron chi connectivity index (χ3n) is 3.39. The average Bonchev–Trinajstić information content (AvgIpc) is 3.03. The fourth-order valence-electron chi connectivity index (χ4n) is 2.36. The van der Waals surface area contributed by atoms with E-state index in [1.165, 1.54) is 0 Å². The van der Waals surface area contributed by atoms with Gasteiger partial charge in [-0.3, -0.25) is 14.0 Å². The lowest BCUT2D eigenvalue weighted by atomic mass is 10.3. The standard InChI is InChI=1S/C16H17N3O4/c1-2-22-14(20)6-4-10-23-13-8-7-11-15(18-13)19-9-3-5-12(19)16(21)17-11/h3,5,7-9H,2,4,6,10H2,1H3,(H,17,21). The summed E-state index contributed by atoms with van der Waals surface area (Å²) in [6.45, 7) is 2.53. The van der Waals surface area contributed by atoms with E-state index in [0.717, 1.165) is 0 Å². The molecular formula is C16H17N3O4. The Morgan fingerprint density at radius 1 is 1.35 bits per heavy atom. The minimum absolute atomic E-state index is 0.160. The Morgan fingerprint density at radius 2 is 2.22 bits per heavy atom. The molecule has 3 rings (SSSR count). The number of nitrogens with zero attached hydrogens (tertiary/aromatic N) is 2. The van der Waals surface area contributed by atoms with Gasteiger partial charge in [-0.15, -0.1) is 0 Å². The highest BCUT2D eigenvalue weighted by atomic mass is 16.5. The van der Waals surface area contributed by atoms with E-state index < -0.39 is 0 Å². The molecule has 3 heterocycles. The molecule has 23 heavy (non-hydrogen) atoms. The highest BCUT2D eigenvalue weighted by Gasteiger charge is 2.07. The van der Waals surface area contributed by atoms with Crippen molar-refractivity contribution < 1.29 is 14.3 Å². The SMILES string of the molecule is CCOC(=O)CCCOc1ccc2[nH]c(=O)c3cccn3c2n1. The molecule has 3 aromatic rings. The van der Waals surface area contributed by atoms with Crippen LogP contribution >= 0.6 is 0 Å². The van der Waals surface area contributed by atoms with Gasteiger partial charge in [0.25, 0.3) is 5.56 Å². The molecule has 0 saturated heterocycles. The largest absolute Gasteiger partial charge is 0.478 e. The van der Waals surface area contributed by atoms with Crippen LogP contribution in [0.2, 0.25) is 0 Å². The van der Waals surface area contributed by atoms with Gasteiger partial charge in [-0.2, -0.15) is 4.98 Å². The number of pyridine rings is 1. The number of ether oxygens (including phenoxy) is 2. The molecule has 0 aromatic carbocycles. The molecule has 0 amide bonds. The molecular weight excluding hydrogens is 298 g/mol. The molecule has 0 aliphatic heterocycles. The van der Waals surface area contributed by atoms with Gasteiger partial charge in [-0.25, -0.2) is 0 Å². The van der Waals surface area contributed by atoms with Crippen LogP contribution < -0.4 is 10.3 Å². The Balaban J connectivity index is 1.74. The van der Waals surface area contributed by atoms with E-state index in [0.29, 0.717) is 48.6 Å². The Morgan fingerprint density at radius 3 is 3.04 bits per heavy atom. The summed E-state index contributed by atoms with van der Waals surface area (Å²) >= 11 is 0. The fraction of sp³-hybridized carbons (Fsp3) is 0.312. The zero-order chi connectivity index (χ0) is 16.2. The lowest BCUT2D eigenvalue weighted by Gasteiger charge is -2.07. The highest BCUT2D eigenvalue weighted by molar-refractivity contribution is 5.74. The number of hydrogen-bond acceptors (Lipinski definition) is 5. The second kappa shape index (κ2) is 6.51. The molecule has 1 N–H and O–H groups in total. The van der Waals surface area contributed by atoms with Crippen molar-refractivity contribution in [2.75, 3.05) is 13.2 Å². The van der Waals surface area contributed by atoms with Gasteiger partial charge in [-0.05, 0) is 31.5 Å². The first kappa shape index (κ1) is 15.1. The summed E-state index contributed by atoms with van der Waals surface area (Å²) < 4.78 is 12.2. The van der Waals surface area contributed by atoms with E-state index in [-0.39, 0.29) is 11.5 Å². The first-order valence-electron chi connectivity index (χ1n) is 7.47. The van der Waals surface area contributed by atoms with E-state index in [9.17, 15) is 9.59 Å². The van der Waals surface area contributed by atoms with Gasteiger partial charge in [0.15, 0.2) is 5.65 Å². The smallest absolute Gasteiger partial charge is 0.305 e. The number of carbonyl (C=O) groups is 1. The zero-order valence-electron chi connectivity index (χ0n) is 12.7. The van der Waals surface area contributed by atoms with Crippen LogP contribution in [0.3, 0.4) is 0 Å². The van der Waals surface area contributed by atoms with Crippen LogP contribution in [0.4, 0.5) is 0 Å². The maximum Gasteiger partial charge on any atom is 0.305 e. The minimum atomic E-state index is -0.228. The Kier molecular flexibility index (Phi) is 4.27. The van der Waals surface area contributed by atoms with Crippen molar-refractivity contribution in [1.29, 1.82) is 0 Å². The third kappa shape index (κ3) is 3.18. The summed E-state index contributed by atoms with van der Waals surface area (Å²) in [5, 5.41) is 0. The van der Waals surface area contributed by atoms with Gasteiger partial charge in [0.2, 0.25) is 5.88 Å². The number of hydrogen-bond donors (Lipinski definition) is 1. The van der Waals surface area contributed by atoms with Gasteiger partial charge in [0.05, 0.1) is 18.7 Å². The van der Waals surface area contributed by atoms with Gasteiger partial charge in [-0.1, -0.05) is 0 Å². The summed E-state index contributed by atoms with van der Waals surface area (Å²) in [5.41, 5.74) is 1.63. The summed E-state index contributed by atoms with van der Waals surface area (Å²) in [7, 11) is 0. The predicted molar refractivity (Wildman–Crippen MR) is 84.7 cm³/mol. The van der Waals surface area contributed by atoms with Crippen molar-refractivity contribution in [1.82, 2.24) is 14.4 Å². The van der Waals surface area contributed by atoms with Gasteiger partial charge >= 0.3 is 5.97 Å². The Labute approximate surface area is 131 Å². The molecule has 7 nitrogen and oxygen atoms in total. The zero-order valence-corrected chi connectivity index (χ0v) is 12.7. The van der Waals surface area contributed by atoms with Crippen LogP contribution in [-0.2, 0) is 9.53 Å². The molecule has 0 saturated carbocycles. The predicted octanol–water partition coefficient (Wildman–Crippen LogP) is 1.90. The van der Waals surface area contributed by atoms with Crippen molar-refractivity contribution in [3.63, 3.8) is 0 Å². The maximum atomic E-state index is 11.9. The van der Waals surface area contributed by atoms with Crippen LogP contribution in [0.1, 0.15) is 19.8 Å². The van der Waals surface area contributed by atoms with Crippen molar-refractivity contribution in [2.45, 2.75) is 19.8 Å². The van der Waals surface area contributed by atoms with Crippen molar-refractivity contribution in [3.8, 4) is 5.88 Å². The quantitative estimate of drug-likeness (QED) is 0.554. The summed E-state index contributed by atoms with van der Waals surface area (Å²) in [6, 6.07) is 6.97. The number of rotatable bonds is 6. The molecule has 0 radical (unpaired) electrons. The molecule has 0 bridgehead atoms. The van der Waals surface area contributed by atoms with Crippen LogP contribution in [0.15, 0.2) is 35.3 Å². The molecule has 0 fully saturated rings. The van der Waals surface area contributed by atoms with E-state index >= 15 is 0 Å². The number of fused-ring (bicyclic) bond motifs is 3. The molecule has 120 valence electrons. The van der Waals surface area contributed by atoms with Crippen molar-refractivity contribution >= 4 is 22.6 Å². The summed E-state index contributed by atoms with van der Waals surface area (Å²) in [6.07, 6.45) is 2.66. The number of carbonyl (C=O) groups excluding carboxylic acids is 1. The molecule has 7 heteroatoms. The van der Waals surface area contributed by atoms with E-state index in [2.05, 4.69) is 9.97 Å². The number of esters is 1. The van der Waals surface area contributed by atoms with Crippen molar-refractivity contribution in [2.24, 2.45) is 0 Å². The number of nitrogens with one attached hydrogen (secondary N) is 1. The lowest BCUT2D eigenvalue weighted by molar-refractivity contribution is -0.143. The van der Waals surface area contributed by atoms with E-state index in [4.69, 9.17) is 9.47 Å². The van der Waals surface area contributed by atoms with Gasteiger partial charge in [0, 0.05) is 18.7 Å². The van der Waals surface area contributed by atoms with Crippen LogP contribution in [0.5, 0.6) is 5.88 Å². The topological polar surface area (TPSA) is 85.7 Å². The first-order chi connectivity index (χ1) is 11.2. The molecule has 0 unspecified atom stereocenters. The Bertz CT molecular complexity index is 897. The van der Waals surface area contributed by atoms with Gasteiger partial charge < -0.3 is 14.5 Å². The monoisotopic (exact) mass is 315 g/mol. The Hall–Kier alpha value is -2.83. The van der Waals surface area contributed by atoms with Crippen LogP contribution in [-0.4, -0.2) is 33.6 Å². The number of H-pyrrole nitrogens is 1. The van der Waals surface area contributed by atoms with Gasteiger partial charge in [0.1, 0.15) is 5.52 Å². The van der Waals surface area contributed by atoms with Crippen LogP contribution in [0.25, 0.3) is 16.7 Å². The number of aromatic nitrogens is 3. The van der Waals surface area contributed by atoms with E-state index in [1.807, 2.05) is 0 Å². The average molecular weight is 315 g/mol. The summed E-state index contributed by atoms with van der Waals surface area (Å²) in [4.78, 5) is 30.3. The molecule has 3 aromatic heterocycles. The maximum absolute atomic E-state index is 11.9. The van der Waals surface area contributed by atoms with Crippen molar-refractivity contribution in [3.05, 3.63) is 40.8 Å². The summed E-state index contributed by atoms with van der Waals surface area (Å²) in [5.74, 6) is 0.220. The molecule has 0 spiro atoms. The molecule has 0 atom stereocenters. The lowest BCUT2D eigenvalue weighted by Crippen LogP contribution is -2.11. The first-order valence-corrected chi connectivity index (χ1v) is 7.47. The second-order valence-electron chi connectivity index (χ2n) is 5.00. The minimum Gasteiger partial charge on any atom is -0.478 e. The second-order valence-corrected chi connectivity index (χ2v) is 5.00. The normalized spacial score (nSPS) is 11.0. The van der Waals surface area contributed by atoms with Crippen LogP contribution in [0, 0.1) is 0 Å². The number of aromatic amines is 1. The molecule has 0 aliphatic rings. The third-order valence-corrected chi connectivity index (χ3v) is 3.39.